The summed E-state index contributed by atoms with van der Waals surface area (Å²) >= 11 is 1.45. The highest BCUT2D eigenvalue weighted by Gasteiger charge is 2.29. The van der Waals surface area contributed by atoms with Gasteiger partial charge < -0.3 is 19.2 Å². The number of benzene rings is 3. The first-order valence-corrected chi connectivity index (χ1v) is 19.3. The van der Waals surface area contributed by atoms with E-state index >= 15 is 0 Å². The van der Waals surface area contributed by atoms with Gasteiger partial charge in [0.1, 0.15) is 23.5 Å². The Morgan fingerprint density at radius 3 is 2.51 bits per heavy atom. The highest BCUT2D eigenvalue weighted by atomic mass is 32.1. The van der Waals surface area contributed by atoms with Crippen molar-refractivity contribution in [2.75, 3.05) is 16.8 Å². The summed E-state index contributed by atoms with van der Waals surface area (Å²) in [6.45, 7) is 8.71. The number of amides is 1. The molecule has 2 aromatic heterocycles. The number of anilines is 2. The van der Waals surface area contributed by atoms with Gasteiger partial charge in [0.25, 0.3) is 5.91 Å². The van der Waals surface area contributed by atoms with Crippen LogP contribution < -0.4 is 15.0 Å². The van der Waals surface area contributed by atoms with Crippen LogP contribution in [0.5, 0.6) is 5.75 Å². The first kappa shape index (κ1) is 36.3. The molecule has 7 rings (SSSR count). The smallest absolute Gasteiger partial charge is 0.358 e. The molecule has 274 valence electrons. The van der Waals surface area contributed by atoms with Crippen molar-refractivity contribution in [3.63, 3.8) is 0 Å². The third-order valence-electron chi connectivity index (χ3n) is 10.2. The van der Waals surface area contributed by atoms with Crippen molar-refractivity contribution in [1.82, 2.24) is 9.97 Å². The summed E-state index contributed by atoms with van der Waals surface area (Å²) in [5, 5.41) is 3.58. The Hall–Kier alpha value is -5.09. The number of fused-ring (bicyclic) bond motifs is 2. The Kier molecular flexibility index (Phi) is 10.6. The standard InChI is InChI=1S/C43H46N4O5S/c1-27-31(12-8-15-36(27)51-30-19-17-28(18-20-30)10-9-25-48)32-21-22-38(45-39(32)41(50)52-43(2,3)4)47-24-23-29-11-7-13-33(34(29)26-47)40(49)46-42-44-35-14-5-6-16-37(35)53-42/h5-8,11-16,21-22,25,28,30H,9-10,17-20,23-24,26H2,1-4H3,(H,44,46,49). The van der Waals surface area contributed by atoms with Gasteiger partial charge in [-0.25, -0.2) is 14.8 Å². The zero-order chi connectivity index (χ0) is 37.1. The van der Waals surface area contributed by atoms with Crippen LogP contribution in [0.15, 0.2) is 72.8 Å². The molecular weight excluding hydrogens is 685 g/mol. The Labute approximate surface area is 314 Å². The van der Waals surface area contributed by atoms with Gasteiger partial charge in [-0.05, 0) is 131 Å². The van der Waals surface area contributed by atoms with Crippen molar-refractivity contribution in [2.24, 2.45) is 5.92 Å². The molecule has 1 fully saturated rings. The van der Waals surface area contributed by atoms with Crippen LogP contribution in [0.25, 0.3) is 21.3 Å². The van der Waals surface area contributed by atoms with Crippen LogP contribution in [0.4, 0.5) is 10.9 Å². The Bertz CT molecular complexity index is 2110. The topological polar surface area (TPSA) is 111 Å². The van der Waals surface area contributed by atoms with E-state index in [0.29, 0.717) is 47.5 Å². The fourth-order valence-electron chi connectivity index (χ4n) is 7.46. The third kappa shape index (κ3) is 8.28. The van der Waals surface area contributed by atoms with Crippen molar-refractivity contribution in [1.29, 1.82) is 0 Å². The summed E-state index contributed by atoms with van der Waals surface area (Å²) in [5.41, 5.74) is 5.49. The lowest BCUT2D eigenvalue weighted by molar-refractivity contribution is -0.108. The predicted octanol–water partition coefficient (Wildman–Crippen LogP) is 9.35. The van der Waals surface area contributed by atoms with Crippen LogP contribution in [0, 0.1) is 12.8 Å². The zero-order valence-corrected chi connectivity index (χ0v) is 31.6. The normalized spacial score (nSPS) is 17.2. The highest BCUT2D eigenvalue weighted by molar-refractivity contribution is 7.22. The van der Waals surface area contributed by atoms with Crippen LogP contribution in [-0.4, -0.2) is 46.4 Å². The number of para-hydroxylation sites is 1. The lowest BCUT2D eigenvalue weighted by atomic mass is 9.84. The van der Waals surface area contributed by atoms with E-state index in [1.807, 2.05) is 94.4 Å². The molecule has 2 aliphatic rings. The lowest BCUT2D eigenvalue weighted by Crippen LogP contribution is -2.33. The molecule has 3 heterocycles. The summed E-state index contributed by atoms with van der Waals surface area (Å²) in [6.07, 6.45) is 7.44. The first-order valence-electron chi connectivity index (χ1n) is 18.5. The summed E-state index contributed by atoms with van der Waals surface area (Å²) in [7, 11) is 0. The van der Waals surface area contributed by atoms with Crippen LogP contribution >= 0.6 is 11.3 Å². The van der Waals surface area contributed by atoms with E-state index in [0.717, 1.165) is 83.0 Å². The Balaban J connectivity index is 1.15. The van der Waals surface area contributed by atoms with E-state index in [4.69, 9.17) is 14.5 Å². The molecule has 5 aromatic rings. The largest absolute Gasteiger partial charge is 0.490 e. The number of hydrogen-bond donors (Lipinski definition) is 1. The first-order chi connectivity index (χ1) is 25.6. The number of carbonyl (C=O) groups excluding carboxylic acids is 3. The van der Waals surface area contributed by atoms with Gasteiger partial charge in [-0.15, -0.1) is 0 Å². The number of aromatic nitrogens is 2. The Morgan fingerprint density at radius 2 is 1.74 bits per heavy atom. The molecule has 1 aliphatic carbocycles. The molecule has 0 atom stereocenters. The van der Waals surface area contributed by atoms with Crippen LogP contribution in [0.2, 0.25) is 0 Å². The summed E-state index contributed by atoms with van der Waals surface area (Å²) in [6, 6.07) is 23.5. The van der Waals surface area contributed by atoms with Gasteiger partial charge in [0.15, 0.2) is 10.8 Å². The summed E-state index contributed by atoms with van der Waals surface area (Å²) < 4.78 is 13.5. The van der Waals surface area contributed by atoms with E-state index in [-0.39, 0.29) is 17.7 Å². The molecule has 0 unspecified atom stereocenters. The summed E-state index contributed by atoms with van der Waals surface area (Å²) in [4.78, 5) is 50.1. The second kappa shape index (κ2) is 15.5. The van der Waals surface area contributed by atoms with Crippen LogP contribution in [0.3, 0.4) is 0 Å². The van der Waals surface area contributed by atoms with Gasteiger partial charge in [-0.3, -0.25) is 10.1 Å². The van der Waals surface area contributed by atoms with Crippen molar-refractivity contribution < 1.29 is 23.9 Å². The second-order valence-corrected chi connectivity index (χ2v) is 16.1. The molecule has 1 saturated carbocycles. The van der Waals surface area contributed by atoms with Gasteiger partial charge in [-0.2, -0.15) is 0 Å². The number of nitrogens with zero attached hydrogens (tertiary/aromatic N) is 3. The van der Waals surface area contributed by atoms with Gasteiger partial charge >= 0.3 is 5.97 Å². The van der Waals surface area contributed by atoms with Crippen molar-refractivity contribution in [3.05, 3.63) is 101 Å². The fourth-order valence-corrected chi connectivity index (χ4v) is 8.32. The number of pyridine rings is 1. The van der Waals surface area contributed by atoms with Gasteiger partial charge in [0.2, 0.25) is 0 Å². The molecule has 0 radical (unpaired) electrons. The van der Waals surface area contributed by atoms with Crippen molar-refractivity contribution in [3.8, 4) is 16.9 Å². The monoisotopic (exact) mass is 730 g/mol. The van der Waals surface area contributed by atoms with E-state index in [1.165, 1.54) is 11.3 Å². The number of rotatable bonds is 10. The lowest BCUT2D eigenvalue weighted by Gasteiger charge is -2.31. The fraction of sp³-hybridized carbons (Fsp3) is 0.372. The maximum Gasteiger partial charge on any atom is 0.358 e. The minimum atomic E-state index is -0.716. The molecule has 0 bridgehead atoms. The Morgan fingerprint density at radius 1 is 0.943 bits per heavy atom. The highest BCUT2D eigenvalue weighted by Crippen LogP contribution is 2.37. The average molecular weight is 731 g/mol. The number of esters is 1. The van der Waals surface area contributed by atoms with Crippen LogP contribution in [0.1, 0.15) is 96.8 Å². The van der Waals surface area contributed by atoms with Gasteiger partial charge in [0.05, 0.1) is 16.3 Å². The van der Waals surface area contributed by atoms with Crippen LogP contribution in [-0.2, 0) is 22.5 Å². The molecule has 1 aliphatic heterocycles. The number of thiazole rings is 1. The average Bonchev–Trinajstić information content (AvgIpc) is 3.56. The molecule has 1 N–H and O–H groups in total. The minimum Gasteiger partial charge on any atom is -0.490 e. The van der Waals surface area contributed by atoms with E-state index in [1.54, 1.807) is 0 Å². The molecule has 0 spiro atoms. The molecule has 1 amide bonds. The van der Waals surface area contributed by atoms with Crippen molar-refractivity contribution in [2.45, 2.75) is 90.9 Å². The van der Waals surface area contributed by atoms with E-state index in [2.05, 4.69) is 21.3 Å². The summed E-state index contributed by atoms with van der Waals surface area (Å²) in [5.74, 6) is 1.31. The SMILES string of the molecule is Cc1c(OC2CCC(CCC=O)CC2)cccc1-c1ccc(N2CCc3cccc(C(=O)Nc4nc5ccccc5s4)c3C2)nc1C(=O)OC(C)(C)C. The molecule has 3 aromatic carbocycles. The minimum absolute atomic E-state index is 0.109. The van der Waals surface area contributed by atoms with Crippen molar-refractivity contribution >= 4 is 50.7 Å². The number of nitrogens with one attached hydrogen (secondary N) is 1. The third-order valence-corrected chi connectivity index (χ3v) is 11.1. The maximum absolute atomic E-state index is 13.9. The number of hydrogen-bond acceptors (Lipinski definition) is 9. The molecule has 10 heteroatoms. The van der Waals surface area contributed by atoms with E-state index < -0.39 is 11.6 Å². The predicted molar refractivity (Wildman–Crippen MR) is 210 cm³/mol. The molecule has 9 nitrogen and oxygen atoms in total. The number of ether oxygens (including phenoxy) is 2. The quantitative estimate of drug-likeness (QED) is 0.112. The maximum atomic E-state index is 13.9. The number of carbonyl (C=O) groups is 3. The zero-order valence-electron chi connectivity index (χ0n) is 30.8. The molecule has 53 heavy (non-hydrogen) atoms. The second-order valence-electron chi connectivity index (χ2n) is 15.1. The number of aldehydes is 1. The van der Waals surface area contributed by atoms with Gasteiger partial charge in [-0.1, -0.05) is 47.7 Å². The van der Waals surface area contributed by atoms with Gasteiger partial charge in [0, 0.05) is 30.6 Å². The van der Waals surface area contributed by atoms with E-state index in [9.17, 15) is 14.4 Å². The molecular formula is C43H46N4O5S. The molecule has 0 saturated heterocycles.